The Bertz CT molecular complexity index is 455. The summed E-state index contributed by atoms with van der Waals surface area (Å²) in [7, 11) is 0. The van der Waals surface area contributed by atoms with Crippen molar-refractivity contribution < 1.29 is 0 Å². The molecule has 0 aliphatic carbocycles. The first-order chi connectivity index (χ1) is 7.90. The molecule has 0 aliphatic rings. The van der Waals surface area contributed by atoms with Crippen molar-refractivity contribution in [1.82, 2.24) is 9.55 Å². The number of allylic oxidation sites excluding steroid dienone is 1. The SMILES string of the molecule is CCc1nccn1C/C=C/c1ccccc1. The van der Waals surface area contributed by atoms with Crippen LogP contribution in [0.3, 0.4) is 0 Å². The van der Waals surface area contributed by atoms with Gasteiger partial charge in [-0.05, 0) is 5.56 Å². The number of rotatable bonds is 4. The number of imidazole rings is 1. The normalized spacial score (nSPS) is 11.1. The van der Waals surface area contributed by atoms with E-state index in [0.29, 0.717) is 0 Å². The van der Waals surface area contributed by atoms with Crippen LogP contribution in [0.15, 0.2) is 48.8 Å². The van der Waals surface area contributed by atoms with E-state index in [1.165, 1.54) is 5.56 Å². The minimum atomic E-state index is 0.887. The maximum Gasteiger partial charge on any atom is 0.108 e. The fraction of sp³-hybridized carbons (Fsp3) is 0.214. The first kappa shape index (κ1) is 10.7. The largest absolute Gasteiger partial charge is 0.331 e. The van der Waals surface area contributed by atoms with Crippen molar-refractivity contribution in [3.63, 3.8) is 0 Å². The number of aromatic nitrogens is 2. The number of aryl methyl sites for hydroxylation is 1. The summed E-state index contributed by atoms with van der Waals surface area (Å²) in [5.74, 6) is 1.14. The highest BCUT2D eigenvalue weighted by Gasteiger charge is 1.96. The molecule has 0 unspecified atom stereocenters. The van der Waals surface area contributed by atoms with E-state index >= 15 is 0 Å². The second kappa shape index (κ2) is 5.31. The number of hydrogen-bond donors (Lipinski definition) is 0. The summed E-state index contributed by atoms with van der Waals surface area (Å²) in [6.45, 7) is 3.01. The lowest BCUT2D eigenvalue weighted by Crippen LogP contribution is -1.99. The van der Waals surface area contributed by atoms with Crippen molar-refractivity contribution in [3.05, 3.63) is 60.2 Å². The molecule has 0 radical (unpaired) electrons. The maximum absolute atomic E-state index is 4.29. The van der Waals surface area contributed by atoms with Crippen molar-refractivity contribution in [2.24, 2.45) is 0 Å². The number of benzene rings is 1. The predicted molar refractivity (Wildman–Crippen MR) is 67.1 cm³/mol. The van der Waals surface area contributed by atoms with Crippen LogP contribution in [0.25, 0.3) is 6.08 Å². The van der Waals surface area contributed by atoms with Gasteiger partial charge in [-0.2, -0.15) is 0 Å². The van der Waals surface area contributed by atoms with E-state index in [-0.39, 0.29) is 0 Å². The molecule has 1 heterocycles. The molecule has 16 heavy (non-hydrogen) atoms. The molecule has 0 saturated heterocycles. The van der Waals surface area contributed by atoms with E-state index in [1.807, 2.05) is 30.6 Å². The highest BCUT2D eigenvalue weighted by molar-refractivity contribution is 5.48. The molecule has 0 bridgehead atoms. The van der Waals surface area contributed by atoms with Crippen LogP contribution in [0, 0.1) is 0 Å². The zero-order chi connectivity index (χ0) is 11.2. The molecule has 2 aromatic rings. The Labute approximate surface area is 96.3 Å². The molecule has 2 heteroatoms. The topological polar surface area (TPSA) is 17.8 Å². The fourth-order valence-electron chi connectivity index (χ4n) is 1.69. The molecule has 0 amide bonds. The van der Waals surface area contributed by atoms with Gasteiger partial charge in [0.05, 0.1) is 0 Å². The summed E-state index contributed by atoms with van der Waals surface area (Å²) in [4.78, 5) is 4.29. The summed E-state index contributed by atoms with van der Waals surface area (Å²) < 4.78 is 2.17. The monoisotopic (exact) mass is 212 g/mol. The standard InChI is InChI=1S/C14H16N2/c1-2-14-15-10-12-16(14)11-6-9-13-7-4-3-5-8-13/h3-10,12H,2,11H2,1H3/b9-6+. The van der Waals surface area contributed by atoms with E-state index in [4.69, 9.17) is 0 Å². The molecular weight excluding hydrogens is 196 g/mol. The lowest BCUT2D eigenvalue weighted by molar-refractivity contribution is 0.749. The van der Waals surface area contributed by atoms with E-state index in [2.05, 4.69) is 40.8 Å². The first-order valence-corrected chi connectivity index (χ1v) is 5.61. The summed E-state index contributed by atoms with van der Waals surface area (Å²) in [5, 5.41) is 0. The quantitative estimate of drug-likeness (QED) is 0.761. The molecule has 0 N–H and O–H groups in total. The lowest BCUT2D eigenvalue weighted by atomic mass is 10.2. The molecule has 2 nitrogen and oxygen atoms in total. The summed E-state index contributed by atoms with van der Waals surface area (Å²) in [6.07, 6.45) is 9.16. The molecule has 0 fully saturated rings. The highest BCUT2D eigenvalue weighted by atomic mass is 15.0. The fourth-order valence-corrected chi connectivity index (χ4v) is 1.69. The van der Waals surface area contributed by atoms with E-state index < -0.39 is 0 Å². The second-order valence-corrected chi connectivity index (χ2v) is 3.66. The van der Waals surface area contributed by atoms with Crippen molar-refractivity contribution >= 4 is 6.08 Å². The van der Waals surface area contributed by atoms with Crippen LogP contribution in [0.1, 0.15) is 18.3 Å². The van der Waals surface area contributed by atoms with Gasteiger partial charge in [0.1, 0.15) is 5.82 Å². The lowest BCUT2D eigenvalue weighted by Gasteiger charge is -2.01. The Hall–Kier alpha value is -1.83. The third kappa shape index (κ3) is 2.60. The van der Waals surface area contributed by atoms with Crippen molar-refractivity contribution in [3.8, 4) is 0 Å². The Balaban J connectivity index is 2.00. The molecule has 1 aromatic heterocycles. The van der Waals surface area contributed by atoms with Gasteiger partial charge in [-0.1, -0.05) is 49.4 Å². The molecule has 82 valence electrons. The highest BCUT2D eigenvalue weighted by Crippen LogP contribution is 2.03. The van der Waals surface area contributed by atoms with Crippen molar-refractivity contribution in [1.29, 1.82) is 0 Å². The minimum Gasteiger partial charge on any atom is -0.331 e. The summed E-state index contributed by atoms with van der Waals surface area (Å²) in [6, 6.07) is 10.3. The zero-order valence-corrected chi connectivity index (χ0v) is 9.50. The van der Waals surface area contributed by atoms with Crippen LogP contribution in [-0.4, -0.2) is 9.55 Å². The molecule has 0 spiro atoms. The van der Waals surface area contributed by atoms with Gasteiger partial charge in [-0.3, -0.25) is 0 Å². The van der Waals surface area contributed by atoms with Gasteiger partial charge in [-0.25, -0.2) is 4.98 Å². The summed E-state index contributed by atoms with van der Waals surface area (Å²) >= 11 is 0. The smallest absolute Gasteiger partial charge is 0.108 e. The van der Waals surface area contributed by atoms with Crippen LogP contribution in [-0.2, 0) is 13.0 Å². The average molecular weight is 212 g/mol. The molecule has 1 aromatic carbocycles. The Morgan fingerprint density at radius 2 is 2.06 bits per heavy atom. The number of hydrogen-bond acceptors (Lipinski definition) is 1. The van der Waals surface area contributed by atoms with Gasteiger partial charge in [0.15, 0.2) is 0 Å². The molecule has 2 rings (SSSR count). The number of nitrogens with zero attached hydrogens (tertiary/aromatic N) is 2. The Kier molecular flexibility index (Phi) is 3.54. The van der Waals surface area contributed by atoms with Crippen LogP contribution in [0.4, 0.5) is 0 Å². The Morgan fingerprint density at radius 1 is 1.25 bits per heavy atom. The third-order valence-electron chi connectivity index (χ3n) is 2.53. The van der Waals surface area contributed by atoms with Gasteiger partial charge in [0.25, 0.3) is 0 Å². The van der Waals surface area contributed by atoms with Crippen LogP contribution >= 0.6 is 0 Å². The molecule has 0 atom stereocenters. The van der Waals surface area contributed by atoms with Crippen molar-refractivity contribution in [2.45, 2.75) is 19.9 Å². The second-order valence-electron chi connectivity index (χ2n) is 3.66. The van der Waals surface area contributed by atoms with Gasteiger partial charge in [0.2, 0.25) is 0 Å². The van der Waals surface area contributed by atoms with Crippen LogP contribution in [0.5, 0.6) is 0 Å². The van der Waals surface area contributed by atoms with E-state index in [1.54, 1.807) is 0 Å². The molecular formula is C14H16N2. The molecule has 0 saturated carbocycles. The minimum absolute atomic E-state index is 0.887. The Morgan fingerprint density at radius 3 is 2.81 bits per heavy atom. The molecule has 0 aliphatic heterocycles. The van der Waals surface area contributed by atoms with E-state index in [9.17, 15) is 0 Å². The third-order valence-corrected chi connectivity index (χ3v) is 2.53. The van der Waals surface area contributed by atoms with Gasteiger partial charge < -0.3 is 4.57 Å². The zero-order valence-electron chi connectivity index (χ0n) is 9.50. The first-order valence-electron chi connectivity index (χ1n) is 5.61. The van der Waals surface area contributed by atoms with Crippen LogP contribution < -0.4 is 0 Å². The predicted octanol–water partition coefficient (Wildman–Crippen LogP) is 3.16. The summed E-state index contributed by atoms with van der Waals surface area (Å²) in [5.41, 5.74) is 1.24. The van der Waals surface area contributed by atoms with Gasteiger partial charge in [-0.15, -0.1) is 0 Å². The van der Waals surface area contributed by atoms with E-state index in [0.717, 1.165) is 18.8 Å². The average Bonchev–Trinajstić information content (AvgIpc) is 2.78. The van der Waals surface area contributed by atoms with Gasteiger partial charge in [0, 0.05) is 25.4 Å². The van der Waals surface area contributed by atoms with Crippen molar-refractivity contribution in [2.75, 3.05) is 0 Å². The van der Waals surface area contributed by atoms with Crippen LogP contribution in [0.2, 0.25) is 0 Å². The maximum atomic E-state index is 4.29. The van der Waals surface area contributed by atoms with Gasteiger partial charge >= 0.3 is 0 Å².